The fraction of sp³-hybridized carbons (Fsp3) is 0. The van der Waals surface area contributed by atoms with E-state index in [0.717, 1.165) is 21.8 Å². The van der Waals surface area contributed by atoms with E-state index in [1.54, 1.807) is 11.3 Å². The van der Waals surface area contributed by atoms with Crippen LogP contribution in [-0.4, -0.2) is 15.7 Å². The van der Waals surface area contributed by atoms with Crippen LogP contribution in [0.15, 0.2) is 41.9 Å². The number of thiophene rings is 1. The zero-order valence-corrected chi connectivity index (χ0v) is 11.4. The van der Waals surface area contributed by atoms with Gasteiger partial charge in [0.25, 0.3) is 0 Å². The molecule has 4 aromatic rings. The molecule has 92 valence electrons. The van der Waals surface area contributed by atoms with Gasteiger partial charge in [-0.25, -0.2) is 4.98 Å². The molecule has 0 atom stereocenters. The van der Waals surface area contributed by atoms with Crippen molar-refractivity contribution < 1.29 is 4.79 Å². The van der Waals surface area contributed by atoms with Gasteiger partial charge in [0, 0.05) is 16.3 Å². The highest BCUT2D eigenvalue weighted by molar-refractivity contribution is 7.22. The van der Waals surface area contributed by atoms with Crippen molar-refractivity contribution in [3.63, 3.8) is 0 Å². The van der Waals surface area contributed by atoms with Gasteiger partial charge in [-0.1, -0.05) is 18.2 Å². The number of rotatable bonds is 2. The van der Waals surface area contributed by atoms with Gasteiger partial charge < -0.3 is 0 Å². The van der Waals surface area contributed by atoms with Crippen molar-refractivity contribution in [2.45, 2.75) is 0 Å². The van der Waals surface area contributed by atoms with Crippen LogP contribution in [0, 0.1) is 0 Å². The van der Waals surface area contributed by atoms with Crippen LogP contribution in [0.5, 0.6) is 0 Å². The molecule has 0 saturated carbocycles. The van der Waals surface area contributed by atoms with E-state index in [-0.39, 0.29) is 0 Å². The van der Waals surface area contributed by atoms with Gasteiger partial charge in [0.15, 0.2) is 11.2 Å². The highest BCUT2D eigenvalue weighted by Crippen LogP contribution is 2.35. The first-order chi connectivity index (χ1) is 9.36. The molecular formula is C14H8N2OS2. The summed E-state index contributed by atoms with van der Waals surface area (Å²) in [6, 6.07) is 10.3. The molecule has 0 radical (unpaired) electrons. The van der Waals surface area contributed by atoms with Crippen LogP contribution in [-0.2, 0) is 0 Å². The molecule has 0 unspecified atom stereocenters. The highest BCUT2D eigenvalue weighted by Gasteiger charge is 2.16. The fourth-order valence-electron chi connectivity index (χ4n) is 2.20. The van der Waals surface area contributed by atoms with E-state index in [1.165, 1.54) is 21.4 Å². The topological polar surface area (TPSA) is 34.4 Å². The van der Waals surface area contributed by atoms with Gasteiger partial charge >= 0.3 is 0 Å². The normalized spacial score (nSPS) is 11.4. The standard InChI is InChI=1S/C14H8N2OS2/c17-8-10-13(15-14-16(10)5-6-18-14)12-7-9-3-1-2-4-11(9)19-12/h1-8H. The number of thiazole rings is 1. The van der Waals surface area contributed by atoms with Crippen molar-refractivity contribution in [3.8, 4) is 10.6 Å². The molecule has 3 heterocycles. The molecule has 4 rings (SSSR count). The van der Waals surface area contributed by atoms with E-state index in [1.807, 2.05) is 28.1 Å². The predicted octanol–water partition coefficient (Wildman–Crippen LogP) is 4.09. The van der Waals surface area contributed by atoms with E-state index >= 15 is 0 Å². The Kier molecular flexibility index (Phi) is 2.30. The van der Waals surface area contributed by atoms with Gasteiger partial charge in [0.05, 0.1) is 4.88 Å². The van der Waals surface area contributed by atoms with Crippen LogP contribution in [0.4, 0.5) is 0 Å². The minimum Gasteiger partial charge on any atom is -0.296 e. The van der Waals surface area contributed by atoms with Crippen LogP contribution in [0.3, 0.4) is 0 Å². The lowest BCUT2D eigenvalue weighted by atomic mass is 10.2. The molecule has 0 aliphatic heterocycles. The molecule has 0 saturated heterocycles. The van der Waals surface area contributed by atoms with Gasteiger partial charge in [-0.05, 0) is 17.5 Å². The number of aldehydes is 1. The number of benzene rings is 1. The fourth-order valence-corrected chi connectivity index (χ4v) is 3.98. The Hall–Kier alpha value is -1.98. The molecule has 1 aromatic carbocycles. The number of hydrogen-bond donors (Lipinski definition) is 0. The number of hydrogen-bond acceptors (Lipinski definition) is 4. The smallest absolute Gasteiger partial charge is 0.194 e. The Balaban J connectivity index is 2.02. The maximum absolute atomic E-state index is 11.3. The second-order valence-corrected chi connectivity index (χ2v) is 6.12. The van der Waals surface area contributed by atoms with E-state index in [9.17, 15) is 4.79 Å². The summed E-state index contributed by atoms with van der Waals surface area (Å²) >= 11 is 3.21. The van der Waals surface area contributed by atoms with Crippen molar-refractivity contribution in [1.29, 1.82) is 0 Å². The molecule has 5 heteroatoms. The van der Waals surface area contributed by atoms with Gasteiger partial charge in [0.2, 0.25) is 0 Å². The van der Waals surface area contributed by atoms with Crippen molar-refractivity contribution >= 4 is 44.0 Å². The van der Waals surface area contributed by atoms with Gasteiger partial charge in [-0.15, -0.1) is 22.7 Å². The molecule has 0 amide bonds. The third kappa shape index (κ3) is 1.55. The van der Waals surface area contributed by atoms with Crippen molar-refractivity contribution in [2.24, 2.45) is 0 Å². The van der Waals surface area contributed by atoms with E-state index in [0.29, 0.717) is 5.69 Å². The molecule has 0 fully saturated rings. The van der Waals surface area contributed by atoms with Crippen molar-refractivity contribution in [3.05, 3.63) is 47.6 Å². The number of fused-ring (bicyclic) bond motifs is 2. The summed E-state index contributed by atoms with van der Waals surface area (Å²) in [4.78, 5) is 17.8. The summed E-state index contributed by atoms with van der Waals surface area (Å²) in [7, 11) is 0. The number of aromatic nitrogens is 2. The lowest BCUT2D eigenvalue weighted by Crippen LogP contribution is -1.88. The molecule has 0 aliphatic rings. The minimum atomic E-state index is 0.628. The van der Waals surface area contributed by atoms with Crippen LogP contribution < -0.4 is 0 Å². The van der Waals surface area contributed by atoms with Crippen LogP contribution >= 0.6 is 22.7 Å². The third-order valence-electron chi connectivity index (χ3n) is 3.07. The van der Waals surface area contributed by atoms with Gasteiger partial charge in [0.1, 0.15) is 11.4 Å². The molecule has 0 spiro atoms. The van der Waals surface area contributed by atoms with E-state index in [2.05, 4.69) is 23.2 Å². The maximum Gasteiger partial charge on any atom is 0.194 e. The average Bonchev–Trinajstić information content (AvgIpc) is 3.10. The first kappa shape index (κ1) is 10.9. The first-order valence-electron chi connectivity index (χ1n) is 5.76. The number of carbonyl (C=O) groups excluding carboxylic acids is 1. The molecule has 3 nitrogen and oxygen atoms in total. The first-order valence-corrected chi connectivity index (χ1v) is 7.46. The minimum absolute atomic E-state index is 0.628. The summed E-state index contributed by atoms with van der Waals surface area (Å²) in [5.41, 5.74) is 1.41. The lowest BCUT2D eigenvalue weighted by molar-refractivity contribution is 0.111. The van der Waals surface area contributed by atoms with E-state index in [4.69, 9.17) is 0 Å². The Morgan fingerprint density at radius 2 is 2.16 bits per heavy atom. The summed E-state index contributed by atoms with van der Waals surface area (Å²) in [6.45, 7) is 0. The zero-order chi connectivity index (χ0) is 12.8. The second-order valence-electron chi connectivity index (χ2n) is 4.17. The summed E-state index contributed by atoms with van der Waals surface area (Å²) in [6.07, 6.45) is 2.76. The number of nitrogens with zero attached hydrogens (tertiary/aromatic N) is 2. The molecule has 3 aromatic heterocycles. The molecule has 19 heavy (non-hydrogen) atoms. The second kappa shape index (κ2) is 4.01. The molecule has 0 N–H and O–H groups in total. The summed E-state index contributed by atoms with van der Waals surface area (Å²) in [5.74, 6) is 0. The van der Waals surface area contributed by atoms with Crippen LogP contribution in [0.1, 0.15) is 10.5 Å². The molecule has 0 aliphatic carbocycles. The van der Waals surface area contributed by atoms with Gasteiger partial charge in [-0.3, -0.25) is 9.20 Å². The Bertz CT molecular complexity index is 867. The molecular weight excluding hydrogens is 276 g/mol. The third-order valence-corrected chi connectivity index (χ3v) is 4.95. The number of carbonyl (C=O) groups is 1. The van der Waals surface area contributed by atoms with Crippen LogP contribution in [0.25, 0.3) is 25.6 Å². The summed E-state index contributed by atoms with van der Waals surface area (Å²) < 4.78 is 3.06. The SMILES string of the molecule is O=Cc1c(-c2cc3ccccc3s2)nc2sccn12. The number of imidazole rings is 1. The van der Waals surface area contributed by atoms with Crippen LogP contribution in [0.2, 0.25) is 0 Å². The maximum atomic E-state index is 11.3. The van der Waals surface area contributed by atoms with Gasteiger partial charge in [-0.2, -0.15) is 0 Å². The zero-order valence-electron chi connectivity index (χ0n) is 9.74. The van der Waals surface area contributed by atoms with Crippen molar-refractivity contribution in [2.75, 3.05) is 0 Å². The predicted molar refractivity (Wildman–Crippen MR) is 79.3 cm³/mol. The van der Waals surface area contributed by atoms with E-state index < -0.39 is 0 Å². The quantitative estimate of drug-likeness (QED) is 0.520. The Labute approximate surface area is 116 Å². The largest absolute Gasteiger partial charge is 0.296 e. The Morgan fingerprint density at radius 1 is 1.26 bits per heavy atom. The Morgan fingerprint density at radius 3 is 3.00 bits per heavy atom. The molecule has 0 bridgehead atoms. The lowest BCUT2D eigenvalue weighted by Gasteiger charge is -1.92. The van der Waals surface area contributed by atoms with Crippen molar-refractivity contribution in [1.82, 2.24) is 9.38 Å². The highest BCUT2D eigenvalue weighted by atomic mass is 32.1. The summed E-state index contributed by atoms with van der Waals surface area (Å²) in [5, 5.41) is 3.13. The average molecular weight is 284 g/mol. The monoisotopic (exact) mass is 284 g/mol.